The van der Waals surface area contributed by atoms with Crippen LogP contribution in [0.4, 0.5) is 17.6 Å². The number of benzene rings is 1. The number of nitrogens with zero attached hydrogens (tertiary/aromatic N) is 1. The fourth-order valence-corrected chi connectivity index (χ4v) is 3.18. The topological polar surface area (TPSA) is 70.3 Å². The van der Waals surface area contributed by atoms with Crippen LogP contribution in [0.25, 0.3) is 0 Å². The maximum atomic E-state index is 14.0. The standard InChI is InChI=1S/C18H16ClF4NO3/c1-18(2)11(5-8(19)6-24)12(18)17(26)27-7-10-15(22)13(20)9(3-4-25)14(21)16(10)23/h5,11-12,25H,3-4,7H2,1-2H3/b8-5-/t11-,12+/m1/s1. The number of nitriles is 1. The van der Waals surface area contributed by atoms with Crippen molar-refractivity contribution in [2.24, 2.45) is 17.3 Å². The van der Waals surface area contributed by atoms with E-state index in [-0.39, 0.29) is 5.03 Å². The van der Waals surface area contributed by atoms with Crippen LogP contribution in [-0.2, 0) is 22.6 Å². The van der Waals surface area contributed by atoms with Crippen LogP contribution in [0.3, 0.4) is 0 Å². The Bertz CT molecular complexity index is 819. The van der Waals surface area contributed by atoms with Crippen molar-refractivity contribution in [3.63, 3.8) is 0 Å². The van der Waals surface area contributed by atoms with Gasteiger partial charge < -0.3 is 9.84 Å². The van der Waals surface area contributed by atoms with Gasteiger partial charge in [-0.2, -0.15) is 5.26 Å². The lowest BCUT2D eigenvalue weighted by atomic mass is 10.1. The minimum atomic E-state index is -1.68. The first kappa shape index (κ1) is 21.2. The van der Waals surface area contributed by atoms with E-state index in [1.54, 1.807) is 19.9 Å². The average Bonchev–Trinajstić information content (AvgIpc) is 3.16. The predicted molar refractivity (Wildman–Crippen MR) is 87.2 cm³/mol. The first-order chi connectivity index (χ1) is 12.6. The molecule has 2 atom stereocenters. The van der Waals surface area contributed by atoms with Gasteiger partial charge in [-0.15, -0.1) is 0 Å². The van der Waals surface area contributed by atoms with Crippen molar-refractivity contribution in [2.45, 2.75) is 26.9 Å². The number of hydrogen-bond acceptors (Lipinski definition) is 4. The number of ether oxygens (including phenoxy) is 1. The van der Waals surface area contributed by atoms with Crippen LogP contribution in [-0.4, -0.2) is 17.7 Å². The summed E-state index contributed by atoms with van der Waals surface area (Å²) in [5.41, 5.74) is -2.56. The number of hydrogen-bond donors (Lipinski definition) is 1. The van der Waals surface area contributed by atoms with E-state index in [0.29, 0.717) is 0 Å². The molecule has 0 heterocycles. The molecule has 9 heteroatoms. The number of halogens is 5. The second kappa shape index (κ2) is 7.87. The SMILES string of the molecule is CC1(C)[C@H](/C=C(\Cl)C#N)[C@H]1C(=O)OCc1c(F)c(F)c(CCO)c(F)c1F. The first-order valence-electron chi connectivity index (χ1n) is 7.96. The summed E-state index contributed by atoms with van der Waals surface area (Å²) in [6.45, 7) is 1.73. The number of aliphatic hydroxyl groups excluding tert-OH is 1. The van der Waals surface area contributed by atoms with Gasteiger partial charge in [0, 0.05) is 18.6 Å². The third kappa shape index (κ3) is 3.94. The van der Waals surface area contributed by atoms with E-state index in [2.05, 4.69) is 0 Å². The fraction of sp³-hybridized carbons (Fsp3) is 0.444. The summed E-state index contributed by atoms with van der Waals surface area (Å²) in [6, 6.07) is 1.71. The highest BCUT2D eigenvalue weighted by molar-refractivity contribution is 6.31. The summed E-state index contributed by atoms with van der Waals surface area (Å²) < 4.78 is 60.6. The van der Waals surface area contributed by atoms with Gasteiger partial charge >= 0.3 is 5.97 Å². The van der Waals surface area contributed by atoms with Gasteiger partial charge in [0.25, 0.3) is 0 Å². The molecule has 1 aromatic rings. The molecule has 4 nitrogen and oxygen atoms in total. The van der Waals surface area contributed by atoms with E-state index < -0.39 is 77.3 Å². The van der Waals surface area contributed by atoms with Crippen LogP contribution in [0.1, 0.15) is 25.0 Å². The van der Waals surface area contributed by atoms with Gasteiger partial charge in [0.2, 0.25) is 0 Å². The summed E-state index contributed by atoms with van der Waals surface area (Å²) in [4.78, 5) is 12.2. The molecule has 1 saturated carbocycles. The number of esters is 1. The fourth-order valence-electron chi connectivity index (χ4n) is 3.05. The Morgan fingerprint density at radius 2 is 1.74 bits per heavy atom. The molecule has 0 aliphatic heterocycles. The molecule has 2 rings (SSSR count). The van der Waals surface area contributed by atoms with Crippen LogP contribution in [0.15, 0.2) is 11.1 Å². The summed E-state index contributed by atoms with van der Waals surface area (Å²) in [5.74, 6) is -8.58. The van der Waals surface area contributed by atoms with Crippen molar-refractivity contribution < 1.29 is 32.2 Å². The molecule has 0 bridgehead atoms. The van der Waals surface area contributed by atoms with Crippen LogP contribution < -0.4 is 0 Å². The van der Waals surface area contributed by atoms with Gasteiger partial charge in [-0.25, -0.2) is 17.6 Å². The zero-order chi connectivity index (χ0) is 20.5. The molecule has 0 spiro atoms. The predicted octanol–water partition coefficient (Wildman–Crippen LogP) is 3.74. The van der Waals surface area contributed by atoms with E-state index in [1.807, 2.05) is 0 Å². The summed E-state index contributed by atoms with van der Waals surface area (Å²) in [5, 5.41) is 17.3. The van der Waals surface area contributed by atoms with Crippen molar-refractivity contribution in [3.05, 3.63) is 45.5 Å². The number of carbonyl (C=O) groups is 1. The van der Waals surface area contributed by atoms with Gasteiger partial charge in [0.1, 0.15) is 17.7 Å². The largest absolute Gasteiger partial charge is 0.460 e. The van der Waals surface area contributed by atoms with E-state index in [9.17, 15) is 22.4 Å². The van der Waals surface area contributed by atoms with Gasteiger partial charge in [-0.1, -0.05) is 31.5 Å². The minimum absolute atomic E-state index is 0.107. The van der Waals surface area contributed by atoms with Crippen molar-refractivity contribution >= 4 is 17.6 Å². The quantitative estimate of drug-likeness (QED) is 0.339. The lowest BCUT2D eigenvalue weighted by Gasteiger charge is -2.12. The molecule has 1 aliphatic rings. The maximum absolute atomic E-state index is 14.0. The van der Waals surface area contributed by atoms with Gasteiger partial charge in [-0.05, 0) is 11.3 Å². The number of allylic oxidation sites excluding steroid dienone is 2. The van der Waals surface area contributed by atoms with Gasteiger partial charge in [0.15, 0.2) is 23.3 Å². The second-order valence-electron chi connectivity index (χ2n) is 6.75. The number of aliphatic hydroxyl groups is 1. The Hall–Kier alpha value is -2.11. The first-order valence-corrected chi connectivity index (χ1v) is 8.34. The molecular formula is C18H16ClF4NO3. The molecule has 1 aliphatic carbocycles. The van der Waals surface area contributed by atoms with E-state index in [0.717, 1.165) is 0 Å². The molecule has 0 aromatic heterocycles. The molecule has 1 aromatic carbocycles. The van der Waals surface area contributed by atoms with Crippen LogP contribution in [0.5, 0.6) is 0 Å². The van der Waals surface area contributed by atoms with Crippen molar-refractivity contribution in [1.82, 2.24) is 0 Å². The smallest absolute Gasteiger partial charge is 0.310 e. The molecule has 146 valence electrons. The summed E-state index contributed by atoms with van der Waals surface area (Å²) in [7, 11) is 0. The lowest BCUT2D eigenvalue weighted by molar-refractivity contribution is -0.147. The zero-order valence-electron chi connectivity index (χ0n) is 14.5. The van der Waals surface area contributed by atoms with E-state index in [1.165, 1.54) is 6.08 Å². The Balaban J connectivity index is 2.18. The molecule has 0 amide bonds. The number of rotatable bonds is 6. The molecule has 27 heavy (non-hydrogen) atoms. The average molecular weight is 406 g/mol. The monoisotopic (exact) mass is 405 g/mol. The Labute approximate surface area is 158 Å². The van der Waals surface area contributed by atoms with Crippen molar-refractivity contribution in [2.75, 3.05) is 6.61 Å². The Kier molecular flexibility index (Phi) is 6.17. The highest BCUT2D eigenvalue weighted by Gasteiger charge is 2.61. The number of carbonyl (C=O) groups excluding carboxylic acids is 1. The molecular weight excluding hydrogens is 390 g/mol. The van der Waals surface area contributed by atoms with E-state index in [4.69, 9.17) is 26.7 Å². The lowest BCUT2D eigenvalue weighted by Crippen LogP contribution is -2.15. The van der Waals surface area contributed by atoms with Crippen molar-refractivity contribution in [1.29, 1.82) is 5.26 Å². The van der Waals surface area contributed by atoms with Crippen LogP contribution >= 0.6 is 11.6 Å². The summed E-state index contributed by atoms with van der Waals surface area (Å²) in [6.07, 6.45) is 0.785. The van der Waals surface area contributed by atoms with Gasteiger partial charge in [0.05, 0.1) is 11.5 Å². The molecule has 0 radical (unpaired) electrons. The molecule has 0 saturated heterocycles. The van der Waals surface area contributed by atoms with Crippen molar-refractivity contribution in [3.8, 4) is 6.07 Å². The normalized spacial score (nSPS) is 20.9. The third-order valence-electron chi connectivity index (χ3n) is 4.76. The molecule has 0 unspecified atom stereocenters. The Morgan fingerprint density at radius 3 is 2.22 bits per heavy atom. The Morgan fingerprint density at radius 1 is 1.22 bits per heavy atom. The van der Waals surface area contributed by atoms with Gasteiger partial charge in [-0.3, -0.25) is 4.79 Å². The van der Waals surface area contributed by atoms with Crippen LogP contribution in [0.2, 0.25) is 0 Å². The van der Waals surface area contributed by atoms with E-state index >= 15 is 0 Å². The molecule has 1 fully saturated rings. The second-order valence-corrected chi connectivity index (χ2v) is 7.15. The highest BCUT2D eigenvalue weighted by atomic mass is 35.5. The third-order valence-corrected chi connectivity index (χ3v) is 4.97. The highest BCUT2D eigenvalue weighted by Crippen LogP contribution is 2.60. The minimum Gasteiger partial charge on any atom is -0.460 e. The maximum Gasteiger partial charge on any atom is 0.310 e. The summed E-state index contributed by atoms with van der Waals surface area (Å²) >= 11 is 5.63. The zero-order valence-corrected chi connectivity index (χ0v) is 15.2. The van der Waals surface area contributed by atoms with Crippen LogP contribution in [0, 0.1) is 51.9 Å². The molecule has 1 N–H and O–H groups in total.